The summed E-state index contributed by atoms with van der Waals surface area (Å²) < 4.78 is 10.8. The van der Waals surface area contributed by atoms with Crippen molar-refractivity contribution in [2.45, 2.75) is 19.4 Å². The quantitative estimate of drug-likeness (QED) is 0.933. The molecule has 2 aromatic carbocycles. The Bertz CT molecular complexity index is 713. The zero-order valence-corrected chi connectivity index (χ0v) is 13.1. The summed E-state index contributed by atoms with van der Waals surface area (Å²) in [6.45, 7) is 1.97. The maximum Gasteiger partial charge on any atom is 0.259 e. The normalized spacial score (nSPS) is 15.9. The van der Waals surface area contributed by atoms with Gasteiger partial charge in [0.25, 0.3) is 5.91 Å². The van der Waals surface area contributed by atoms with Crippen LogP contribution in [-0.4, -0.2) is 19.1 Å². The Balaban J connectivity index is 1.86. The number of benzene rings is 2. The van der Waals surface area contributed by atoms with Crippen LogP contribution in [-0.2, 0) is 6.42 Å². The summed E-state index contributed by atoms with van der Waals surface area (Å²) in [6, 6.07) is 10.6. The van der Waals surface area contributed by atoms with Gasteiger partial charge in [-0.2, -0.15) is 0 Å². The van der Waals surface area contributed by atoms with Gasteiger partial charge in [0.1, 0.15) is 17.6 Å². The first-order valence-electron chi connectivity index (χ1n) is 7.01. The highest BCUT2D eigenvalue weighted by molar-refractivity contribution is 6.31. The van der Waals surface area contributed by atoms with Crippen molar-refractivity contribution < 1.29 is 14.3 Å². The van der Waals surface area contributed by atoms with Crippen molar-refractivity contribution in [3.05, 3.63) is 52.5 Å². The van der Waals surface area contributed by atoms with Crippen LogP contribution >= 0.6 is 11.6 Å². The molecular formula is C17H16ClNO3. The van der Waals surface area contributed by atoms with Crippen LogP contribution in [0.15, 0.2) is 36.4 Å². The molecule has 1 heterocycles. The second kappa shape index (κ2) is 5.89. The summed E-state index contributed by atoms with van der Waals surface area (Å²) in [6.07, 6.45) is 0.819. The Kier molecular flexibility index (Phi) is 3.94. The maximum absolute atomic E-state index is 12.5. The van der Waals surface area contributed by atoms with Crippen LogP contribution in [0, 0.1) is 0 Å². The molecule has 1 atom stereocenters. The summed E-state index contributed by atoms with van der Waals surface area (Å²) >= 11 is 6.11. The lowest BCUT2D eigenvalue weighted by molar-refractivity contribution is 0.102. The number of carbonyl (C=O) groups excluding carboxylic acids is 1. The van der Waals surface area contributed by atoms with Crippen molar-refractivity contribution in [2.75, 3.05) is 12.4 Å². The van der Waals surface area contributed by atoms with Gasteiger partial charge in [-0.3, -0.25) is 4.79 Å². The molecule has 2 aromatic rings. The van der Waals surface area contributed by atoms with Gasteiger partial charge >= 0.3 is 0 Å². The van der Waals surface area contributed by atoms with Crippen LogP contribution in [0.1, 0.15) is 22.8 Å². The van der Waals surface area contributed by atoms with E-state index in [-0.39, 0.29) is 12.0 Å². The van der Waals surface area contributed by atoms with Crippen molar-refractivity contribution in [3.63, 3.8) is 0 Å². The summed E-state index contributed by atoms with van der Waals surface area (Å²) in [5.74, 6) is 1.12. The average Bonchev–Trinajstić information content (AvgIpc) is 2.87. The molecule has 5 heteroatoms. The molecule has 0 saturated carbocycles. The van der Waals surface area contributed by atoms with E-state index < -0.39 is 0 Å². The second-order valence-corrected chi connectivity index (χ2v) is 5.69. The van der Waals surface area contributed by atoms with Crippen LogP contribution in [0.3, 0.4) is 0 Å². The minimum atomic E-state index is -0.238. The number of halogens is 1. The van der Waals surface area contributed by atoms with Crippen LogP contribution in [0.2, 0.25) is 5.02 Å². The number of carbonyl (C=O) groups is 1. The monoisotopic (exact) mass is 317 g/mol. The lowest BCUT2D eigenvalue weighted by atomic mass is 10.1. The molecule has 0 radical (unpaired) electrons. The third kappa shape index (κ3) is 2.88. The Hall–Kier alpha value is -2.20. The summed E-state index contributed by atoms with van der Waals surface area (Å²) in [5, 5.41) is 3.39. The number of nitrogens with one attached hydrogen (secondary N) is 1. The number of amides is 1. The standard InChI is InChI=1S/C17H16ClNO3/c1-10-7-11-8-12(18)9-15(16(11)22-10)17(20)19-13-3-5-14(21-2)6-4-13/h3-6,8-10H,7H2,1-2H3,(H,19,20)/t10-/m0/s1. The number of anilines is 1. The van der Waals surface area contributed by atoms with Gasteiger partial charge in [0, 0.05) is 22.7 Å². The van der Waals surface area contributed by atoms with E-state index in [1.165, 1.54) is 0 Å². The fourth-order valence-corrected chi connectivity index (χ4v) is 2.78. The van der Waals surface area contributed by atoms with Crippen molar-refractivity contribution in [1.29, 1.82) is 0 Å². The van der Waals surface area contributed by atoms with Crippen LogP contribution < -0.4 is 14.8 Å². The van der Waals surface area contributed by atoms with Crippen molar-refractivity contribution in [2.24, 2.45) is 0 Å². The van der Waals surface area contributed by atoms with Gasteiger partial charge in [-0.05, 0) is 43.3 Å². The number of rotatable bonds is 3. The zero-order chi connectivity index (χ0) is 15.7. The Morgan fingerprint density at radius 1 is 1.32 bits per heavy atom. The predicted molar refractivity (Wildman–Crippen MR) is 86.2 cm³/mol. The molecule has 0 saturated heterocycles. The topological polar surface area (TPSA) is 47.6 Å². The molecule has 1 N–H and O–H groups in total. The highest BCUT2D eigenvalue weighted by atomic mass is 35.5. The van der Waals surface area contributed by atoms with Gasteiger partial charge in [0.05, 0.1) is 12.7 Å². The van der Waals surface area contributed by atoms with Gasteiger partial charge in [0.2, 0.25) is 0 Å². The second-order valence-electron chi connectivity index (χ2n) is 5.26. The molecule has 0 spiro atoms. The van der Waals surface area contributed by atoms with E-state index in [4.69, 9.17) is 21.1 Å². The fourth-order valence-electron chi connectivity index (χ4n) is 2.53. The van der Waals surface area contributed by atoms with Gasteiger partial charge in [-0.15, -0.1) is 0 Å². The van der Waals surface area contributed by atoms with Crippen molar-refractivity contribution in [3.8, 4) is 11.5 Å². The molecular weight excluding hydrogens is 302 g/mol. The van der Waals surface area contributed by atoms with E-state index in [9.17, 15) is 4.79 Å². The molecule has 1 aliphatic heterocycles. The summed E-state index contributed by atoms with van der Waals surface area (Å²) in [4.78, 5) is 12.5. The van der Waals surface area contributed by atoms with E-state index in [1.807, 2.05) is 13.0 Å². The molecule has 1 amide bonds. The Morgan fingerprint density at radius 3 is 2.73 bits per heavy atom. The van der Waals surface area contributed by atoms with Gasteiger partial charge in [-0.25, -0.2) is 0 Å². The first-order chi connectivity index (χ1) is 10.6. The van der Waals surface area contributed by atoms with Gasteiger partial charge < -0.3 is 14.8 Å². The Morgan fingerprint density at radius 2 is 2.05 bits per heavy atom. The number of fused-ring (bicyclic) bond motifs is 1. The molecule has 0 unspecified atom stereocenters. The van der Waals surface area contributed by atoms with Gasteiger partial charge in [0.15, 0.2) is 0 Å². The summed E-state index contributed by atoms with van der Waals surface area (Å²) in [7, 11) is 1.60. The first-order valence-corrected chi connectivity index (χ1v) is 7.39. The predicted octanol–water partition coefficient (Wildman–Crippen LogP) is 3.92. The minimum absolute atomic E-state index is 0.0565. The molecule has 1 aliphatic rings. The number of hydrogen-bond acceptors (Lipinski definition) is 3. The third-order valence-electron chi connectivity index (χ3n) is 3.55. The smallest absolute Gasteiger partial charge is 0.259 e. The number of methoxy groups -OCH3 is 1. The van der Waals surface area contributed by atoms with Crippen LogP contribution in [0.5, 0.6) is 11.5 Å². The molecule has 3 rings (SSSR count). The van der Waals surface area contributed by atoms with E-state index in [0.717, 1.165) is 17.7 Å². The van der Waals surface area contributed by atoms with Crippen LogP contribution in [0.4, 0.5) is 5.69 Å². The SMILES string of the molecule is COc1ccc(NC(=O)c2cc(Cl)cc3c2O[C@@H](C)C3)cc1. The van der Waals surface area contributed by atoms with Crippen molar-refractivity contribution >= 4 is 23.2 Å². The van der Waals surface area contributed by atoms with Crippen molar-refractivity contribution in [1.82, 2.24) is 0 Å². The average molecular weight is 318 g/mol. The highest BCUT2D eigenvalue weighted by Crippen LogP contribution is 2.35. The van der Waals surface area contributed by atoms with E-state index in [0.29, 0.717) is 22.0 Å². The molecule has 0 bridgehead atoms. The van der Waals surface area contributed by atoms with E-state index in [2.05, 4.69) is 5.32 Å². The van der Waals surface area contributed by atoms with Crippen LogP contribution in [0.25, 0.3) is 0 Å². The largest absolute Gasteiger partial charge is 0.497 e. The highest BCUT2D eigenvalue weighted by Gasteiger charge is 2.26. The molecule has 0 aromatic heterocycles. The molecule has 4 nitrogen and oxygen atoms in total. The maximum atomic E-state index is 12.5. The number of ether oxygens (including phenoxy) is 2. The zero-order valence-electron chi connectivity index (χ0n) is 12.4. The fraction of sp³-hybridized carbons (Fsp3) is 0.235. The Labute approximate surface area is 134 Å². The first kappa shape index (κ1) is 14.7. The molecule has 0 fully saturated rings. The summed E-state index contributed by atoms with van der Waals surface area (Å²) in [5.41, 5.74) is 2.12. The molecule has 0 aliphatic carbocycles. The third-order valence-corrected chi connectivity index (χ3v) is 3.77. The molecule has 22 heavy (non-hydrogen) atoms. The number of hydrogen-bond donors (Lipinski definition) is 1. The lowest BCUT2D eigenvalue weighted by Crippen LogP contribution is -2.14. The lowest BCUT2D eigenvalue weighted by Gasteiger charge is -2.11. The minimum Gasteiger partial charge on any atom is -0.497 e. The van der Waals surface area contributed by atoms with E-state index in [1.54, 1.807) is 37.4 Å². The van der Waals surface area contributed by atoms with Gasteiger partial charge in [-0.1, -0.05) is 11.6 Å². The molecule has 114 valence electrons. The van der Waals surface area contributed by atoms with E-state index >= 15 is 0 Å².